The average Bonchev–Trinajstić information content (AvgIpc) is 2.07. The van der Waals surface area contributed by atoms with Gasteiger partial charge in [0.1, 0.15) is 5.15 Å². The molecular weight excluding hydrogens is 267 g/mol. The molecule has 0 saturated carbocycles. The fourth-order valence-electron chi connectivity index (χ4n) is 0.896. The monoisotopic (exact) mass is 271 g/mol. The maximum absolute atomic E-state index is 12.4. The largest absolute Gasteiger partial charge is 0.392 e. The van der Waals surface area contributed by atoms with Crippen LogP contribution >= 0.6 is 27.5 Å². The number of aromatic nitrogens is 1. The molecule has 0 aliphatic heterocycles. The molecule has 0 unspecified atom stereocenters. The molecule has 0 aliphatic rings. The Balaban J connectivity index is 3.35. The molecule has 6 heteroatoms. The van der Waals surface area contributed by atoms with Crippen LogP contribution in [0.5, 0.6) is 0 Å². The Morgan fingerprint density at radius 1 is 1.62 bits per heavy atom. The molecule has 1 rings (SSSR count). The van der Waals surface area contributed by atoms with Crippen molar-refractivity contribution in [2.45, 2.75) is 13.0 Å². The predicted octanol–water partition coefficient (Wildman–Crippen LogP) is 2.93. The maximum Gasteiger partial charge on any atom is 0.267 e. The Morgan fingerprint density at radius 3 is 2.62 bits per heavy atom. The van der Waals surface area contributed by atoms with E-state index in [2.05, 4.69) is 20.9 Å². The second kappa shape index (κ2) is 4.30. The van der Waals surface area contributed by atoms with Crippen LogP contribution in [-0.4, -0.2) is 10.1 Å². The van der Waals surface area contributed by atoms with Gasteiger partial charge in [0.05, 0.1) is 12.2 Å². The molecule has 0 atom stereocenters. The zero-order chi connectivity index (χ0) is 10.0. The third kappa shape index (κ3) is 2.15. The number of aliphatic hydroxyl groups is 1. The SMILES string of the molecule is OCc1c(Br)cnc(Cl)c1C(F)F. The summed E-state index contributed by atoms with van der Waals surface area (Å²) in [6, 6.07) is 0. The van der Waals surface area contributed by atoms with Gasteiger partial charge in [0, 0.05) is 16.2 Å². The van der Waals surface area contributed by atoms with Crippen molar-refractivity contribution in [3.05, 3.63) is 26.9 Å². The van der Waals surface area contributed by atoms with Crippen LogP contribution in [0.1, 0.15) is 17.6 Å². The van der Waals surface area contributed by atoms with E-state index in [9.17, 15) is 8.78 Å². The van der Waals surface area contributed by atoms with Crippen molar-refractivity contribution in [1.29, 1.82) is 0 Å². The summed E-state index contributed by atoms with van der Waals surface area (Å²) < 4.78 is 25.1. The molecule has 72 valence electrons. The van der Waals surface area contributed by atoms with Crippen molar-refractivity contribution in [2.75, 3.05) is 0 Å². The minimum atomic E-state index is -2.74. The summed E-state index contributed by atoms with van der Waals surface area (Å²) in [7, 11) is 0. The lowest BCUT2D eigenvalue weighted by Crippen LogP contribution is -1.99. The van der Waals surface area contributed by atoms with Crippen LogP contribution in [-0.2, 0) is 6.61 Å². The van der Waals surface area contributed by atoms with Crippen LogP contribution in [0.3, 0.4) is 0 Å². The molecule has 1 N–H and O–H groups in total. The fourth-order valence-corrected chi connectivity index (χ4v) is 1.58. The van der Waals surface area contributed by atoms with Crippen molar-refractivity contribution >= 4 is 27.5 Å². The van der Waals surface area contributed by atoms with Crippen LogP contribution in [0.4, 0.5) is 8.78 Å². The van der Waals surface area contributed by atoms with Gasteiger partial charge >= 0.3 is 0 Å². The lowest BCUT2D eigenvalue weighted by molar-refractivity contribution is 0.146. The lowest BCUT2D eigenvalue weighted by atomic mass is 10.1. The van der Waals surface area contributed by atoms with Crippen LogP contribution < -0.4 is 0 Å². The van der Waals surface area contributed by atoms with Crippen molar-refractivity contribution in [1.82, 2.24) is 4.98 Å². The second-order valence-electron chi connectivity index (χ2n) is 2.25. The molecule has 0 saturated heterocycles. The van der Waals surface area contributed by atoms with E-state index in [1.54, 1.807) is 0 Å². The number of hydrogen-bond acceptors (Lipinski definition) is 2. The van der Waals surface area contributed by atoms with Gasteiger partial charge in [-0.05, 0) is 15.9 Å². The van der Waals surface area contributed by atoms with Gasteiger partial charge in [0.15, 0.2) is 0 Å². The second-order valence-corrected chi connectivity index (χ2v) is 3.46. The molecule has 1 aromatic rings. The Labute approximate surface area is 86.7 Å². The van der Waals surface area contributed by atoms with E-state index in [-0.39, 0.29) is 10.7 Å². The van der Waals surface area contributed by atoms with E-state index in [0.717, 1.165) is 0 Å². The summed E-state index contributed by atoms with van der Waals surface area (Å²) in [5.41, 5.74) is -0.339. The van der Waals surface area contributed by atoms with Crippen molar-refractivity contribution in [2.24, 2.45) is 0 Å². The number of aliphatic hydroxyl groups excluding tert-OH is 1. The number of pyridine rings is 1. The number of hydrogen-bond donors (Lipinski definition) is 1. The van der Waals surface area contributed by atoms with Gasteiger partial charge in [-0.1, -0.05) is 11.6 Å². The van der Waals surface area contributed by atoms with Gasteiger partial charge in [-0.3, -0.25) is 0 Å². The molecule has 0 fully saturated rings. The molecule has 0 amide bonds. The topological polar surface area (TPSA) is 33.1 Å². The highest BCUT2D eigenvalue weighted by molar-refractivity contribution is 9.10. The average molecular weight is 272 g/mol. The van der Waals surface area contributed by atoms with Gasteiger partial charge in [-0.25, -0.2) is 13.8 Å². The zero-order valence-corrected chi connectivity index (χ0v) is 8.61. The number of alkyl halides is 2. The molecule has 1 aromatic heterocycles. The summed E-state index contributed by atoms with van der Waals surface area (Å²) in [6.45, 7) is -0.498. The van der Waals surface area contributed by atoms with Crippen LogP contribution in [0.15, 0.2) is 10.7 Å². The summed E-state index contributed by atoms with van der Waals surface area (Å²) >= 11 is 8.45. The Morgan fingerprint density at radius 2 is 2.23 bits per heavy atom. The third-order valence-corrected chi connectivity index (χ3v) is 2.49. The van der Waals surface area contributed by atoms with Crippen molar-refractivity contribution < 1.29 is 13.9 Å². The first-order valence-electron chi connectivity index (χ1n) is 3.29. The fraction of sp³-hybridized carbons (Fsp3) is 0.286. The van der Waals surface area contributed by atoms with E-state index < -0.39 is 18.6 Å². The highest BCUT2D eigenvalue weighted by atomic mass is 79.9. The molecule has 0 spiro atoms. The Hall–Kier alpha value is -0.260. The molecule has 13 heavy (non-hydrogen) atoms. The molecular formula is C7H5BrClF2NO. The summed E-state index contributed by atoms with van der Waals surface area (Å²) in [6.07, 6.45) is -1.46. The number of rotatable bonds is 2. The summed E-state index contributed by atoms with van der Waals surface area (Å²) in [5.74, 6) is 0. The van der Waals surface area contributed by atoms with Gasteiger partial charge in [0.2, 0.25) is 0 Å². The third-order valence-electron chi connectivity index (χ3n) is 1.50. The van der Waals surface area contributed by atoms with Crippen LogP contribution in [0.25, 0.3) is 0 Å². The van der Waals surface area contributed by atoms with Gasteiger partial charge < -0.3 is 5.11 Å². The Kier molecular flexibility index (Phi) is 3.58. The molecule has 0 radical (unpaired) electrons. The summed E-state index contributed by atoms with van der Waals surface area (Å²) in [5, 5.41) is 8.55. The molecule has 0 aliphatic carbocycles. The first-order chi connectivity index (χ1) is 6.07. The highest BCUT2D eigenvalue weighted by Gasteiger charge is 2.19. The molecule has 0 aromatic carbocycles. The molecule has 2 nitrogen and oxygen atoms in total. The predicted molar refractivity (Wildman–Crippen MR) is 47.8 cm³/mol. The van der Waals surface area contributed by atoms with E-state index in [0.29, 0.717) is 4.47 Å². The minimum Gasteiger partial charge on any atom is -0.392 e. The van der Waals surface area contributed by atoms with E-state index in [1.807, 2.05) is 0 Å². The van der Waals surface area contributed by atoms with E-state index in [4.69, 9.17) is 16.7 Å². The van der Waals surface area contributed by atoms with E-state index in [1.165, 1.54) is 6.20 Å². The number of halogens is 4. The Bertz CT molecular complexity index is 322. The van der Waals surface area contributed by atoms with Crippen molar-refractivity contribution in [3.63, 3.8) is 0 Å². The first-order valence-corrected chi connectivity index (χ1v) is 4.46. The highest BCUT2D eigenvalue weighted by Crippen LogP contribution is 2.32. The van der Waals surface area contributed by atoms with Gasteiger partial charge in [0.25, 0.3) is 6.43 Å². The smallest absolute Gasteiger partial charge is 0.267 e. The molecule has 1 heterocycles. The van der Waals surface area contributed by atoms with E-state index >= 15 is 0 Å². The standard InChI is InChI=1S/C7H5BrClF2NO/c8-4-1-12-6(9)5(7(10)11)3(4)2-13/h1,7,13H,2H2. The van der Waals surface area contributed by atoms with Gasteiger partial charge in [-0.2, -0.15) is 0 Å². The van der Waals surface area contributed by atoms with Crippen LogP contribution in [0.2, 0.25) is 5.15 Å². The quantitative estimate of drug-likeness (QED) is 0.840. The normalized spacial score (nSPS) is 10.9. The van der Waals surface area contributed by atoms with Crippen molar-refractivity contribution in [3.8, 4) is 0 Å². The first kappa shape index (κ1) is 10.8. The number of nitrogens with zero attached hydrogens (tertiary/aromatic N) is 1. The summed E-state index contributed by atoms with van der Waals surface area (Å²) in [4.78, 5) is 3.54. The maximum atomic E-state index is 12.4. The minimum absolute atomic E-state index is 0.0787. The van der Waals surface area contributed by atoms with Gasteiger partial charge in [-0.15, -0.1) is 0 Å². The van der Waals surface area contributed by atoms with Crippen LogP contribution in [0, 0.1) is 0 Å². The zero-order valence-electron chi connectivity index (χ0n) is 6.27. The lowest BCUT2D eigenvalue weighted by Gasteiger charge is -2.09. The molecule has 0 bridgehead atoms.